The van der Waals surface area contributed by atoms with E-state index in [-0.39, 0.29) is 5.96 Å². The minimum Gasteiger partial charge on any atom is -0.439 e. The number of hydrogen-bond donors (Lipinski definition) is 2. The van der Waals surface area contributed by atoms with Crippen LogP contribution in [-0.2, 0) is 15.1 Å². The summed E-state index contributed by atoms with van der Waals surface area (Å²) in [5.41, 5.74) is 7.94. The van der Waals surface area contributed by atoms with Gasteiger partial charge in [-0.15, -0.1) is 0 Å². The van der Waals surface area contributed by atoms with Crippen LogP contribution in [0.1, 0.15) is 39.2 Å². The molecule has 1 aliphatic heterocycles. The first-order chi connectivity index (χ1) is 16.2. The van der Waals surface area contributed by atoms with Crippen molar-refractivity contribution < 1.29 is 19.3 Å². The van der Waals surface area contributed by atoms with Crippen molar-refractivity contribution in [2.75, 3.05) is 13.2 Å². The lowest BCUT2D eigenvalue weighted by atomic mass is 9.95. The second-order valence-electron chi connectivity index (χ2n) is 8.47. The Morgan fingerprint density at radius 3 is 2.47 bits per heavy atom. The number of carbonyl (C=O) groups excluding carboxylic acids is 1. The number of nitrogens with one attached hydrogen (secondary N) is 1. The number of guanidine groups is 1. The van der Waals surface area contributed by atoms with Gasteiger partial charge in [-0.2, -0.15) is 0 Å². The first kappa shape index (κ1) is 25.0. The number of amides is 1. The molecule has 10 heteroatoms. The number of nitro groups is 1. The zero-order valence-corrected chi connectivity index (χ0v) is 19.6. The third-order valence-corrected chi connectivity index (χ3v) is 5.72. The topological polar surface area (TPSA) is 132 Å². The highest BCUT2D eigenvalue weighted by atomic mass is 16.7. The van der Waals surface area contributed by atoms with E-state index in [1.165, 1.54) is 4.90 Å². The Labute approximate surface area is 198 Å². The fourth-order valence-electron chi connectivity index (χ4n) is 4.04. The van der Waals surface area contributed by atoms with Gasteiger partial charge in [0.2, 0.25) is 0 Å². The summed E-state index contributed by atoms with van der Waals surface area (Å²) < 4.78 is 11.5. The molecule has 0 aliphatic carbocycles. The van der Waals surface area contributed by atoms with Crippen molar-refractivity contribution in [1.82, 2.24) is 10.2 Å². The molecule has 2 atom stereocenters. The number of ether oxygens (including phenoxy) is 2. The monoisotopic (exact) mass is 469 g/mol. The highest BCUT2D eigenvalue weighted by Crippen LogP contribution is 2.28. The number of hydrogen-bond acceptors (Lipinski definition) is 5. The summed E-state index contributed by atoms with van der Waals surface area (Å²) in [6.07, 6.45) is -0.0529. The Morgan fingerprint density at radius 1 is 1.21 bits per heavy atom. The summed E-state index contributed by atoms with van der Waals surface area (Å²) in [5.74, 6) is -0.262. The van der Waals surface area contributed by atoms with Gasteiger partial charge in [0.05, 0.1) is 6.04 Å². The Bertz CT molecular complexity index is 1010. The van der Waals surface area contributed by atoms with Gasteiger partial charge in [0.1, 0.15) is 10.7 Å². The number of nitrogens with two attached hydrogens (primary N) is 1. The van der Waals surface area contributed by atoms with Gasteiger partial charge >= 0.3 is 6.09 Å². The lowest BCUT2D eigenvalue weighted by molar-refractivity contribution is -0.486. The molecule has 0 radical (unpaired) electrons. The third kappa shape index (κ3) is 6.22. The molecule has 10 nitrogen and oxygen atoms in total. The molecule has 1 saturated heterocycles. The van der Waals surface area contributed by atoms with E-state index in [0.717, 1.165) is 16.7 Å². The average molecular weight is 470 g/mol. The minimum atomic E-state index is -0.888. The maximum atomic E-state index is 12.8. The predicted molar refractivity (Wildman–Crippen MR) is 128 cm³/mol. The highest BCUT2D eigenvalue weighted by molar-refractivity contribution is 5.78. The quantitative estimate of drug-likeness (QED) is 0.274. The van der Waals surface area contributed by atoms with Crippen LogP contribution in [0.25, 0.3) is 11.1 Å². The van der Waals surface area contributed by atoms with Gasteiger partial charge in [-0.3, -0.25) is 0 Å². The van der Waals surface area contributed by atoms with Gasteiger partial charge < -0.3 is 25.4 Å². The van der Waals surface area contributed by atoms with Crippen LogP contribution >= 0.6 is 0 Å². The summed E-state index contributed by atoms with van der Waals surface area (Å²) >= 11 is 0. The molecule has 2 aromatic carbocycles. The summed E-state index contributed by atoms with van der Waals surface area (Å²) in [4.78, 5) is 25.1. The maximum absolute atomic E-state index is 12.8. The number of carbonyl (C=O) groups is 1. The fourth-order valence-corrected chi connectivity index (χ4v) is 4.04. The smallest absolute Gasteiger partial charge is 0.408 e. The predicted octanol–water partition coefficient (Wildman–Crippen LogP) is 3.65. The number of likely N-dealkylation sites (tertiary alicyclic amines) is 1. The SMILES string of the molecule is CCOC1C(NC(=O)OC(C)(C)c2ccc(-c3ccccc3)cc2)CCCN1/C(N)=N/[N+](=O)[O-]. The molecule has 1 fully saturated rings. The first-order valence-electron chi connectivity index (χ1n) is 11.2. The van der Waals surface area contributed by atoms with Crippen molar-refractivity contribution in [1.29, 1.82) is 0 Å². The van der Waals surface area contributed by atoms with Crippen LogP contribution in [0.2, 0.25) is 0 Å². The minimum absolute atomic E-state index is 0.262. The number of nitrogens with zero attached hydrogens (tertiary/aromatic N) is 3. The number of benzene rings is 2. The second kappa shape index (κ2) is 11.0. The normalized spacial score (nSPS) is 18.9. The summed E-state index contributed by atoms with van der Waals surface area (Å²) in [5, 5.41) is 15.9. The van der Waals surface area contributed by atoms with E-state index in [1.807, 2.05) is 68.4 Å². The third-order valence-electron chi connectivity index (χ3n) is 5.72. The van der Waals surface area contributed by atoms with E-state index in [0.29, 0.717) is 26.0 Å². The van der Waals surface area contributed by atoms with Gasteiger partial charge in [-0.05, 0) is 50.3 Å². The number of hydrazone groups is 1. The summed E-state index contributed by atoms with van der Waals surface area (Å²) in [6.45, 7) is 6.20. The molecule has 1 amide bonds. The Hall–Kier alpha value is -3.66. The van der Waals surface area contributed by atoms with Crippen LogP contribution in [0.4, 0.5) is 4.79 Å². The van der Waals surface area contributed by atoms with Crippen molar-refractivity contribution in [3.05, 3.63) is 70.3 Å². The Morgan fingerprint density at radius 2 is 1.85 bits per heavy atom. The second-order valence-corrected chi connectivity index (χ2v) is 8.47. The number of alkyl carbamates (subject to hydrolysis) is 1. The summed E-state index contributed by atoms with van der Waals surface area (Å²) in [6, 6.07) is 17.4. The molecule has 0 spiro atoms. The highest BCUT2D eigenvalue weighted by Gasteiger charge is 2.36. The molecule has 182 valence electrons. The van der Waals surface area contributed by atoms with Crippen LogP contribution in [0.3, 0.4) is 0 Å². The largest absolute Gasteiger partial charge is 0.439 e. The molecule has 0 bridgehead atoms. The molecule has 0 saturated carbocycles. The number of piperidine rings is 1. The van der Waals surface area contributed by atoms with Gasteiger partial charge in [0.25, 0.3) is 5.96 Å². The molecular formula is C24H31N5O5. The molecule has 2 aromatic rings. The van der Waals surface area contributed by atoms with Crippen molar-refractivity contribution in [3.8, 4) is 11.1 Å². The fraction of sp³-hybridized carbons (Fsp3) is 0.417. The lowest BCUT2D eigenvalue weighted by Gasteiger charge is -2.40. The van der Waals surface area contributed by atoms with Gasteiger partial charge in [0.15, 0.2) is 11.3 Å². The Kier molecular flexibility index (Phi) is 8.06. The van der Waals surface area contributed by atoms with Gasteiger partial charge in [0, 0.05) is 13.2 Å². The first-order valence-corrected chi connectivity index (χ1v) is 11.2. The molecule has 3 rings (SSSR count). The number of rotatable bonds is 7. The molecule has 0 aromatic heterocycles. The van der Waals surface area contributed by atoms with E-state index in [4.69, 9.17) is 15.2 Å². The van der Waals surface area contributed by atoms with Crippen LogP contribution in [-0.4, -0.2) is 47.4 Å². The molecule has 1 aliphatic rings. The van der Waals surface area contributed by atoms with E-state index < -0.39 is 29.0 Å². The van der Waals surface area contributed by atoms with E-state index in [9.17, 15) is 14.9 Å². The zero-order valence-electron chi connectivity index (χ0n) is 19.6. The zero-order chi connectivity index (χ0) is 24.7. The van der Waals surface area contributed by atoms with E-state index in [2.05, 4.69) is 10.4 Å². The van der Waals surface area contributed by atoms with Crippen LogP contribution in [0, 0.1) is 10.1 Å². The molecular weight excluding hydrogens is 438 g/mol. The average Bonchev–Trinajstić information content (AvgIpc) is 2.80. The van der Waals surface area contributed by atoms with Crippen LogP contribution in [0.15, 0.2) is 59.7 Å². The molecule has 3 N–H and O–H groups in total. The van der Waals surface area contributed by atoms with Crippen LogP contribution < -0.4 is 11.1 Å². The van der Waals surface area contributed by atoms with Crippen molar-refractivity contribution >= 4 is 12.1 Å². The lowest BCUT2D eigenvalue weighted by Crippen LogP contribution is -2.60. The maximum Gasteiger partial charge on any atom is 0.408 e. The van der Waals surface area contributed by atoms with Crippen LogP contribution in [0.5, 0.6) is 0 Å². The van der Waals surface area contributed by atoms with Crippen molar-refractivity contribution in [2.24, 2.45) is 10.8 Å². The van der Waals surface area contributed by atoms with E-state index >= 15 is 0 Å². The Balaban J connectivity index is 1.68. The summed E-state index contributed by atoms with van der Waals surface area (Å²) in [7, 11) is 0. The van der Waals surface area contributed by atoms with Crippen molar-refractivity contribution in [3.63, 3.8) is 0 Å². The molecule has 2 unspecified atom stereocenters. The molecule has 34 heavy (non-hydrogen) atoms. The van der Waals surface area contributed by atoms with Crippen molar-refractivity contribution in [2.45, 2.75) is 51.5 Å². The van der Waals surface area contributed by atoms with Gasteiger partial charge in [-0.25, -0.2) is 14.9 Å². The van der Waals surface area contributed by atoms with Gasteiger partial charge in [-0.1, -0.05) is 54.6 Å². The van der Waals surface area contributed by atoms with E-state index in [1.54, 1.807) is 6.92 Å². The standard InChI is InChI=1S/C24H31N5O5/c1-4-33-21-20(11-8-16-28(21)22(25)27-29(31)32)26-23(30)34-24(2,3)19-14-12-18(13-15-19)17-9-6-5-7-10-17/h5-7,9-10,12-15,20-21H,4,8,11,16H2,1-3H3,(H2,25,27)(H,26,30). The molecule has 1 heterocycles.